The van der Waals surface area contributed by atoms with Crippen LogP contribution in [0.3, 0.4) is 0 Å². The number of carbonyl (C=O) groups is 1. The Morgan fingerprint density at radius 1 is 1.26 bits per heavy atom. The van der Waals surface area contributed by atoms with Crippen LogP contribution in [0.2, 0.25) is 0 Å². The average molecular weight is 264 g/mol. The highest BCUT2D eigenvalue weighted by atomic mass is 16.6. The van der Waals surface area contributed by atoms with Gasteiger partial charge < -0.3 is 4.74 Å². The van der Waals surface area contributed by atoms with Gasteiger partial charge in [-0.1, -0.05) is 20.8 Å². The Hall–Kier alpha value is -1.58. The van der Waals surface area contributed by atoms with Crippen molar-refractivity contribution in [3.8, 4) is 0 Å². The minimum atomic E-state index is -0.507. The first kappa shape index (κ1) is 15.5. The normalized spacial score (nSPS) is 12.1. The molecule has 1 rings (SSSR count). The molecule has 0 aliphatic carbocycles. The Balaban J connectivity index is 2.70. The molecule has 1 heterocycles. The van der Waals surface area contributed by atoms with E-state index in [2.05, 4.69) is 31.1 Å². The van der Waals surface area contributed by atoms with Crippen molar-refractivity contribution in [2.45, 2.75) is 53.6 Å². The van der Waals surface area contributed by atoms with E-state index in [1.807, 2.05) is 32.9 Å². The molecule has 4 nitrogen and oxygen atoms in total. The van der Waals surface area contributed by atoms with Crippen LogP contribution in [-0.4, -0.2) is 16.7 Å². The number of hydrogen-bond acceptors (Lipinski definition) is 3. The van der Waals surface area contributed by atoms with Crippen LogP contribution in [0.4, 0.5) is 10.6 Å². The Morgan fingerprint density at radius 3 is 2.42 bits per heavy atom. The van der Waals surface area contributed by atoms with Crippen molar-refractivity contribution in [3.05, 3.63) is 23.9 Å². The topological polar surface area (TPSA) is 51.2 Å². The van der Waals surface area contributed by atoms with Crippen molar-refractivity contribution >= 4 is 11.9 Å². The molecule has 0 radical (unpaired) electrons. The summed E-state index contributed by atoms with van der Waals surface area (Å²) < 4.78 is 5.19. The van der Waals surface area contributed by atoms with Crippen LogP contribution >= 0.6 is 0 Å². The zero-order valence-corrected chi connectivity index (χ0v) is 12.7. The van der Waals surface area contributed by atoms with E-state index in [1.165, 1.54) is 0 Å². The molecule has 0 aliphatic heterocycles. The lowest BCUT2D eigenvalue weighted by Gasteiger charge is -2.20. The molecule has 0 aromatic carbocycles. The molecule has 4 heteroatoms. The Bertz CT molecular complexity index is 442. The molecule has 1 amide bonds. The molecule has 0 unspecified atom stereocenters. The van der Waals surface area contributed by atoms with Crippen LogP contribution in [0.5, 0.6) is 0 Å². The third-order valence-electron chi connectivity index (χ3n) is 2.19. The minimum Gasteiger partial charge on any atom is -0.444 e. The fourth-order valence-electron chi connectivity index (χ4n) is 1.67. The fourth-order valence-corrected chi connectivity index (χ4v) is 1.67. The standard InChI is InChI=1S/C15H24N2O2/c1-14(2,3)10-11-7-8-16-12(9-11)17-13(18)19-15(4,5)6/h7-9H,10H2,1-6H3,(H,16,17,18). The van der Waals surface area contributed by atoms with Gasteiger partial charge in [-0.2, -0.15) is 0 Å². The van der Waals surface area contributed by atoms with Gasteiger partial charge in [0, 0.05) is 6.20 Å². The summed E-state index contributed by atoms with van der Waals surface area (Å²) in [6.45, 7) is 12.0. The molecule has 0 atom stereocenters. The highest BCUT2D eigenvalue weighted by Crippen LogP contribution is 2.21. The summed E-state index contributed by atoms with van der Waals surface area (Å²) in [5.41, 5.74) is 0.839. The molecule has 19 heavy (non-hydrogen) atoms. The summed E-state index contributed by atoms with van der Waals surface area (Å²) in [7, 11) is 0. The maximum Gasteiger partial charge on any atom is 0.413 e. The predicted octanol–water partition coefficient (Wildman–Crippen LogP) is 4.02. The minimum absolute atomic E-state index is 0.199. The van der Waals surface area contributed by atoms with Crippen LogP contribution < -0.4 is 5.32 Å². The summed E-state index contributed by atoms with van der Waals surface area (Å²) in [6, 6.07) is 3.85. The zero-order valence-electron chi connectivity index (χ0n) is 12.7. The van der Waals surface area contributed by atoms with Crippen LogP contribution in [0, 0.1) is 5.41 Å². The Labute approximate surface area is 115 Å². The molecule has 0 bridgehead atoms. The van der Waals surface area contributed by atoms with Gasteiger partial charge in [0.15, 0.2) is 0 Å². The van der Waals surface area contributed by atoms with Crippen molar-refractivity contribution in [1.82, 2.24) is 4.98 Å². The molecular formula is C15H24N2O2. The number of anilines is 1. The number of hydrogen-bond donors (Lipinski definition) is 1. The van der Waals surface area contributed by atoms with E-state index in [1.54, 1.807) is 6.20 Å². The van der Waals surface area contributed by atoms with Crippen molar-refractivity contribution in [1.29, 1.82) is 0 Å². The quantitative estimate of drug-likeness (QED) is 0.877. The zero-order chi connectivity index (χ0) is 14.7. The molecule has 106 valence electrons. The summed E-state index contributed by atoms with van der Waals surface area (Å²) in [5, 5.41) is 2.65. The van der Waals surface area contributed by atoms with Crippen molar-refractivity contribution < 1.29 is 9.53 Å². The predicted molar refractivity (Wildman–Crippen MR) is 77.3 cm³/mol. The van der Waals surface area contributed by atoms with E-state index < -0.39 is 11.7 Å². The average Bonchev–Trinajstić information content (AvgIpc) is 2.11. The largest absolute Gasteiger partial charge is 0.444 e. The summed E-state index contributed by atoms with van der Waals surface area (Å²) in [4.78, 5) is 15.8. The van der Waals surface area contributed by atoms with Gasteiger partial charge in [-0.05, 0) is 50.3 Å². The second kappa shape index (κ2) is 5.59. The first-order valence-corrected chi connectivity index (χ1v) is 6.50. The number of pyridine rings is 1. The number of ether oxygens (including phenoxy) is 1. The number of nitrogens with one attached hydrogen (secondary N) is 1. The molecule has 1 aromatic rings. The van der Waals surface area contributed by atoms with E-state index in [-0.39, 0.29) is 5.41 Å². The van der Waals surface area contributed by atoms with Gasteiger partial charge in [0.05, 0.1) is 0 Å². The van der Waals surface area contributed by atoms with Crippen LogP contribution in [-0.2, 0) is 11.2 Å². The maximum atomic E-state index is 11.7. The maximum absolute atomic E-state index is 11.7. The third-order valence-corrected chi connectivity index (χ3v) is 2.19. The lowest BCUT2D eigenvalue weighted by atomic mass is 9.88. The fraction of sp³-hybridized carbons (Fsp3) is 0.600. The summed E-state index contributed by atoms with van der Waals surface area (Å²) in [6.07, 6.45) is 2.15. The van der Waals surface area contributed by atoms with Crippen LogP contribution in [0.1, 0.15) is 47.1 Å². The van der Waals surface area contributed by atoms with E-state index >= 15 is 0 Å². The summed E-state index contributed by atoms with van der Waals surface area (Å²) >= 11 is 0. The Kier molecular flexibility index (Phi) is 4.56. The van der Waals surface area contributed by atoms with Gasteiger partial charge >= 0.3 is 6.09 Å². The number of aromatic nitrogens is 1. The number of rotatable bonds is 2. The van der Waals surface area contributed by atoms with Crippen molar-refractivity contribution in [2.75, 3.05) is 5.32 Å². The number of carbonyl (C=O) groups excluding carboxylic acids is 1. The molecule has 0 spiro atoms. The van der Waals surface area contributed by atoms with Crippen molar-refractivity contribution in [2.24, 2.45) is 5.41 Å². The first-order valence-electron chi connectivity index (χ1n) is 6.50. The van der Waals surface area contributed by atoms with Gasteiger partial charge in [0.25, 0.3) is 0 Å². The van der Waals surface area contributed by atoms with E-state index in [9.17, 15) is 4.79 Å². The lowest BCUT2D eigenvalue weighted by molar-refractivity contribution is 0.0635. The summed E-state index contributed by atoms with van der Waals surface area (Å²) in [5.74, 6) is 0.524. The van der Waals surface area contributed by atoms with Gasteiger partial charge in [-0.15, -0.1) is 0 Å². The third kappa shape index (κ3) is 6.79. The molecule has 0 saturated heterocycles. The van der Waals surface area contributed by atoms with Gasteiger partial charge in [-0.3, -0.25) is 5.32 Å². The van der Waals surface area contributed by atoms with E-state index in [0.29, 0.717) is 5.82 Å². The van der Waals surface area contributed by atoms with E-state index in [4.69, 9.17) is 4.74 Å². The highest BCUT2D eigenvalue weighted by molar-refractivity contribution is 5.83. The highest BCUT2D eigenvalue weighted by Gasteiger charge is 2.17. The molecule has 0 saturated carbocycles. The van der Waals surface area contributed by atoms with Gasteiger partial charge in [0.1, 0.15) is 11.4 Å². The molecule has 1 aromatic heterocycles. The monoisotopic (exact) mass is 264 g/mol. The van der Waals surface area contributed by atoms with Crippen LogP contribution in [0.15, 0.2) is 18.3 Å². The SMILES string of the molecule is CC(C)(C)Cc1ccnc(NC(=O)OC(C)(C)C)c1. The Morgan fingerprint density at radius 2 is 1.89 bits per heavy atom. The van der Waals surface area contributed by atoms with Gasteiger partial charge in [-0.25, -0.2) is 9.78 Å². The molecule has 0 aliphatic rings. The molecule has 0 fully saturated rings. The van der Waals surface area contributed by atoms with Crippen molar-refractivity contribution in [3.63, 3.8) is 0 Å². The second-order valence-corrected chi connectivity index (χ2v) is 6.91. The smallest absolute Gasteiger partial charge is 0.413 e. The first-order chi connectivity index (χ1) is 8.55. The number of amides is 1. The number of nitrogens with zero attached hydrogens (tertiary/aromatic N) is 1. The lowest BCUT2D eigenvalue weighted by Crippen LogP contribution is -2.27. The second-order valence-electron chi connectivity index (χ2n) is 6.91. The molecular weight excluding hydrogens is 240 g/mol. The molecule has 1 N–H and O–H groups in total. The van der Waals surface area contributed by atoms with Crippen LogP contribution in [0.25, 0.3) is 0 Å². The van der Waals surface area contributed by atoms with E-state index in [0.717, 1.165) is 12.0 Å². The van der Waals surface area contributed by atoms with Gasteiger partial charge in [0.2, 0.25) is 0 Å².